The van der Waals surface area contributed by atoms with Gasteiger partial charge in [0.15, 0.2) is 5.78 Å². The van der Waals surface area contributed by atoms with Gasteiger partial charge in [-0.15, -0.1) is 0 Å². The molecule has 0 aromatic heterocycles. The number of carbonyl (C=O) groups is 2. The zero-order valence-corrected chi connectivity index (χ0v) is 13.0. The van der Waals surface area contributed by atoms with Crippen molar-refractivity contribution in [1.82, 2.24) is 10.0 Å². The lowest BCUT2D eigenvalue weighted by molar-refractivity contribution is -0.118. The standard InChI is InChI=1S/C14H20N2O4S/c1-3-14(18)12-5-7-13(8-6-12)21(19,20)16-10-4-9-15-11(2)17/h5-8,16H,3-4,9-10H2,1-2H3,(H,15,17). The number of amides is 1. The number of nitrogens with one attached hydrogen (secondary N) is 2. The van der Waals surface area contributed by atoms with Gasteiger partial charge in [0.2, 0.25) is 15.9 Å². The molecule has 7 heteroatoms. The summed E-state index contributed by atoms with van der Waals surface area (Å²) in [4.78, 5) is 22.3. The van der Waals surface area contributed by atoms with E-state index in [4.69, 9.17) is 0 Å². The molecule has 0 saturated heterocycles. The second-order valence-corrected chi connectivity index (χ2v) is 6.30. The molecule has 21 heavy (non-hydrogen) atoms. The van der Waals surface area contributed by atoms with Gasteiger partial charge in [-0.2, -0.15) is 0 Å². The molecule has 2 N–H and O–H groups in total. The van der Waals surface area contributed by atoms with Crippen LogP contribution in [0.4, 0.5) is 0 Å². The highest BCUT2D eigenvalue weighted by atomic mass is 32.2. The summed E-state index contributed by atoms with van der Waals surface area (Å²) in [6, 6.07) is 5.85. The van der Waals surface area contributed by atoms with Crippen molar-refractivity contribution < 1.29 is 18.0 Å². The first kappa shape index (κ1) is 17.3. The average molecular weight is 312 g/mol. The molecule has 0 aliphatic rings. The lowest BCUT2D eigenvalue weighted by Gasteiger charge is -2.07. The maximum atomic E-state index is 12.0. The first-order valence-electron chi connectivity index (χ1n) is 6.74. The Kier molecular flexibility index (Phi) is 6.51. The van der Waals surface area contributed by atoms with E-state index in [2.05, 4.69) is 10.0 Å². The fraction of sp³-hybridized carbons (Fsp3) is 0.429. The van der Waals surface area contributed by atoms with E-state index in [1.54, 1.807) is 6.92 Å². The first-order valence-corrected chi connectivity index (χ1v) is 8.22. The van der Waals surface area contributed by atoms with Crippen LogP contribution in [0.25, 0.3) is 0 Å². The Morgan fingerprint density at radius 3 is 2.24 bits per heavy atom. The van der Waals surface area contributed by atoms with Crippen molar-refractivity contribution in [3.63, 3.8) is 0 Å². The molecule has 0 atom stereocenters. The molecule has 0 aliphatic carbocycles. The van der Waals surface area contributed by atoms with Crippen LogP contribution in [0.5, 0.6) is 0 Å². The fourth-order valence-corrected chi connectivity index (χ4v) is 2.74. The van der Waals surface area contributed by atoms with Crippen molar-refractivity contribution in [2.75, 3.05) is 13.1 Å². The van der Waals surface area contributed by atoms with E-state index in [9.17, 15) is 18.0 Å². The van der Waals surface area contributed by atoms with E-state index < -0.39 is 10.0 Å². The minimum Gasteiger partial charge on any atom is -0.356 e. The molecule has 1 aromatic carbocycles. The Bertz CT molecular complexity index is 594. The van der Waals surface area contributed by atoms with Crippen LogP contribution < -0.4 is 10.0 Å². The summed E-state index contributed by atoms with van der Waals surface area (Å²) in [5.74, 6) is -0.170. The minimum absolute atomic E-state index is 0.0257. The second kappa shape index (κ2) is 7.90. The molecule has 0 fully saturated rings. The molecule has 1 aromatic rings. The molecule has 0 heterocycles. The van der Waals surface area contributed by atoms with Crippen molar-refractivity contribution in [3.8, 4) is 0 Å². The highest BCUT2D eigenvalue weighted by molar-refractivity contribution is 7.89. The monoisotopic (exact) mass is 312 g/mol. The van der Waals surface area contributed by atoms with Gasteiger partial charge >= 0.3 is 0 Å². The number of carbonyl (C=O) groups excluding carboxylic acids is 2. The minimum atomic E-state index is -3.58. The van der Waals surface area contributed by atoms with Gasteiger partial charge in [-0.1, -0.05) is 19.1 Å². The van der Waals surface area contributed by atoms with E-state index in [-0.39, 0.29) is 23.1 Å². The van der Waals surface area contributed by atoms with Crippen LogP contribution in [0.2, 0.25) is 0 Å². The molecular weight excluding hydrogens is 292 g/mol. The summed E-state index contributed by atoms with van der Waals surface area (Å²) in [5, 5.41) is 2.59. The van der Waals surface area contributed by atoms with Gasteiger partial charge < -0.3 is 5.32 Å². The fourth-order valence-electron chi connectivity index (χ4n) is 1.67. The number of hydrogen-bond donors (Lipinski definition) is 2. The van der Waals surface area contributed by atoms with Crippen molar-refractivity contribution >= 4 is 21.7 Å². The molecule has 0 bridgehead atoms. The van der Waals surface area contributed by atoms with Crippen LogP contribution in [0, 0.1) is 0 Å². The molecule has 1 amide bonds. The molecule has 0 unspecified atom stereocenters. The van der Waals surface area contributed by atoms with E-state index in [0.717, 1.165) is 0 Å². The molecule has 1 rings (SSSR count). The summed E-state index contributed by atoms with van der Waals surface area (Å²) < 4.78 is 26.4. The summed E-state index contributed by atoms with van der Waals surface area (Å²) in [6.07, 6.45) is 0.888. The SMILES string of the molecule is CCC(=O)c1ccc(S(=O)(=O)NCCCNC(C)=O)cc1. The van der Waals surface area contributed by atoms with E-state index >= 15 is 0 Å². The normalized spacial score (nSPS) is 11.1. The van der Waals surface area contributed by atoms with Gasteiger partial charge in [0.1, 0.15) is 0 Å². The van der Waals surface area contributed by atoms with Gasteiger partial charge in [-0.25, -0.2) is 13.1 Å². The van der Waals surface area contributed by atoms with Crippen molar-refractivity contribution in [2.45, 2.75) is 31.6 Å². The van der Waals surface area contributed by atoms with Crippen LogP contribution in [0.15, 0.2) is 29.2 Å². The van der Waals surface area contributed by atoms with Crippen LogP contribution in [-0.4, -0.2) is 33.2 Å². The third kappa shape index (κ3) is 5.65. The van der Waals surface area contributed by atoms with Crippen LogP contribution in [0.1, 0.15) is 37.0 Å². The number of rotatable bonds is 8. The van der Waals surface area contributed by atoms with Crippen LogP contribution in [-0.2, 0) is 14.8 Å². The van der Waals surface area contributed by atoms with Gasteiger partial charge in [-0.05, 0) is 18.6 Å². The highest BCUT2D eigenvalue weighted by Crippen LogP contribution is 2.11. The van der Waals surface area contributed by atoms with Gasteiger partial charge in [0, 0.05) is 32.0 Å². The quantitative estimate of drug-likeness (QED) is 0.555. The van der Waals surface area contributed by atoms with Gasteiger partial charge in [0.05, 0.1) is 4.90 Å². The third-order valence-corrected chi connectivity index (χ3v) is 4.30. The zero-order valence-electron chi connectivity index (χ0n) is 12.2. The maximum absolute atomic E-state index is 12.0. The summed E-state index contributed by atoms with van der Waals surface area (Å²) in [7, 11) is -3.58. The average Bonchev–Trinajstić information content (AvgIpc) is 2.45. The number of hydrogen-bond acceptors (Lipinski definition) is 4. The largest absolute Gasteiger partial charge is 0.356 e. The smallest absolute Gasteiger partial charge is 0.240 e. The summed E-state index contributed by atoms with van der Waals surface area (Å²) in [6.45, 7) is 3.81. The molecule has 0 aliphatic heterocycles. The van der Waals surface area contributed by atoms with Crippen LogP contribution in [0.3, 0.4) is 0 Å². The lowest BCUT2D eigenvalue weighted by atomic mass is 10.1. The predicted octanol–water partition coefficient (Wildman–Crippen LogP) is 1.08. The lowest BCUT2D eigenvalue weighted by Crippen LogP contribution is -2.28. The summed E-state index contributed by atoms with van der Waals surface area (Å²) >= 11 is 0. The number of Topliss-reactive ketones (excluding diaryl/α,β-unsaturated/α-hetero) is 1. The third-order valence-electron chi connectivity index (χ3n) is 2.83. The zero-order chi connectivity index (χ0) is 15.9. The van der Waals surface area contributed by atoms with Crippen LogP contribution >= 0.6 is 0 Å². The van der Waals surface area contributed by atoms with Crippen molar-refractivity contribution in [1.29, 1.82) is 0 Å². The number of benzene rings is 1. The number of sulfonamides is 1. The molecule has 116 valence electrons. The molecule has 0 saturated carbocycles. The van der Waals surface area contributed by atoms with Crippen molar-refractivity contribution in [3.05, 3.63) is 29.8 Å². The molecule has 0 spiro atoms. The Morgan fingerprint density at radius 2 is 1.71 bits per heavy atom. The summed E-state index contributed by atoms with van der Waals surface area (Å²) in [5.41, 5.74) is 0.502. The Hall–Kier alpha value is -1.73. The molecular formula is C14H20N2O4S. The second-order valence-electron chi connectivity index (χ2n) is 4.54. The van der Waals surface area contributed by atoms with Crippen molar-refractivity contribution in [2.24, 2.45) is 0 Å². The first-order chi connectivity index (χ1) is 9.86. The Morgan fingerprint density at radius 1 is 1.10 bits per heavy atom. The topological polar surface area (TPSA) is 92.3 Å². The van der Waals surface area contributed by atoms with Gasteiger partial charge in [0.25, 0.3) is 0 Å². The molecule has 0 radical (unpaired) electrons. The van der Waals surface area contributed by atoms with Gasteiger partial charge in [-0.3, -0.25) is 9.59 Å². The predicted molar refractivity (Wildman–Crippen MR) is 79.6 cm³/mol. The van der Waals surface area contributed by atoms with E-state index in [1.165, 1.54) is 31.2 Å². The Labute approximate surface area is 125 Å². The Balaban J connectivity index is 2.58. The maximum Gasteiger partial charge on any atom is 0.240 e. The van der Waals surface area contributed by atoms with E-state index in [1.807, 2.05) is 0 Å². The molecule has 6 nitrogen and oxygen atoms in total. The van der Waals surface area contributed by atoms with E-state index in [0.29, 0.717) is 24.9 Å². The number of ketones is 1. The highest BCUT2D eigenvalue weighted by Gasteiger charge is 2.13.